The van der Waals surface area contributed by atoms with E-state index in [4.69, 9.17) is 5.11 Å². The number of hydrogen-bond acceptors (Lipinski definition) is 4. The van der Waals surface area contributed by atoms with E-state index in [1.165, 1.54) is 17.1 Å². The van der Waals surface area contributed by atoms with Crippen LogP contribution in [0.5, 0.6) is 0 Å². The van der Waals surface area contributed by atoms with Crippen LogP contribution in [0.1, 0.15) is 31.4 Å². The molecular weight excluding hydrogens is 387 g/mol. The predicted molar refractivity (Wildman–Crippen MR) is 100 cm³/mol. The largest absolute Gasteiger partial charge is 0.465 e. The fourth-order valence-electron chi connectivity index (χ4n) is 2.97. The number of unbranched alkanes of at least 4 members (excludes halogenated alkanes) is 3. The van der Waals surface area contributed by atoms with Crippen LogP contribution < -0.4 is 5.32 Å². The minimum absolute atomic E-state index is 0.0959. The Morgan fingerprint density at radius 3 is 2.55 bits per heavy atom. The van der Waals surface area contributed by atoms with Crippen molar-refractivity contribution in [1.29, 1.82) is 0 Å². The molecule has 0 unspecified atom stereocenters. The molecule has 0 aliphatic carbocycles. The van der Waals surface area contributed by atoms with E-state index in [1.807, 2.05) is 0 Å². The van der Waals surface area contributed by atoms with Crippen molar-refractivity contribution in [2.45, 2.75) is 38.4 Å². The van der Waals surface area contributed by atoms with Crippen LogP contribution in [0.2, 0.25) is 0 Å². The highest BCUT2D eigenvalue weighted by Gasteiger charge is 2.38. The maximum Gasteiger partial charge on any atom is 0.435 e. The van der Waals surface area contributed by atoms with Crippen molar-refractivity contribution >= 4 is 17.1 Å². The van der Waals surface area contributed by atoms with Gasteiger partial charge >= 0.3 is 12.3 Å². The van der Waals surface area contributed by atoms with Crippen molar-refractivity contribution in [3.05, 3.63) is 42.4 Å². The molecule has 0 atom stereocenters. The number of nitrogens with zero attached hydrogens (tertiary/aromatic N) is 4. The Morgan fingerprint density at radius 1 is 1.10 bits per heavy atom. The molecule has 3 aromatic rings. The molecule has 3 rings (SSSR count). The number of carbonyl (C=O) groups is 1. The lowest BCUT2D eigenvalue weighted by Crippen LogP contribution is -2.21. The van der Waals surface area contributed by atoms with E-state index in [-0.39, 0.29) is 11.3 Å². The first kappa shape index (κ1) is 20.6. The second kappa shape index (κ2) is 8.89. The summed E-state index contributed by atoms with van der Waals surface area (Å²) in [6, 6.07) is 6.98. The van der Waals surface area contributed by atoms with Crippen LogP contribution in [0.15, 0.2) is 36.7 Å². The normalized spacial score (nSPS) is 11.7. The molecule has 7 nitrogen and oxygen atoms in total. The van der Waals surface area contributed by atoms with E-state index in [0.29, 0.717) is 37.0 Å². The lowest BCUT2D eigenvalue weighted by Gasteiger charge is -2.06. The Balaban J connectivity index is 1.70. The van der Waals surface area contributed by atoms with E-state index in [2.05, 4.69) is 20.4 Å². The van der Waals surface area contributed by atoms with Crippen LogP contribution in [-0.2, 0) is 12.7 Å². The van der Waals surface area contributed by atoms with Crippen LogP contribution in [0.3, 0.4) is 0 Å². The molecule has 2 heterocycles. The van der Waals surface area contributed by atoms with Gasteiger partial charge in [-0.2, -0.15) is 18.3 Å². The van der Waals surface area contributed by atoms with Gasteiger partial charge < -0.3 is 10.4 Å². The van der Waals surface area contributed by atoms with Crippen LogP contribution in [0, 0.1) is 0 Å². The highest BCUT2D eigenvalue weighted by Crippen LogP contribution is 2.35. The van der Waals surface area contributed by atoms with Crippen LogP contribution in [-0.4, -0.2) is 37.5 Å². The van der Waals surface area contributed by atoms with E-state index in [9.17, 15) is 18.0 Å². The molecule has 0 radical (unpaired) electrons. The average Bonchev–Trinajstić information content (AvgIpc) is 3.11. The summed E-state index contributed by atoms with van der Waals surface area (Å²) in [6.07, 6.45) is -0.139. The first-order chi connectivity index (χ1) is 13.8. The Morgan fingerprint density at radius 2 is 1.83 bits per heavy atom. The third kappa shape index (κ3) is 5.43. The highest BCUT2D eigenvalue weighted by molar-refractivity contribution is 5.77. The summed E-state index contributed by atoms with van der Waals surface area (Å²) in [5.41, 5.74) is 0.173. The molecule has 0 fully saturated rings. The standard InChI is InChI=1S/C19H20F3N5O2/c20-19(21,22)17-13(16-11-24-14-7-3-4-8-15(14)25-16)12-27(26-17)10-6-2-1-5-9-23-18(28)29/h3-4,7-8,11-12,23H,1-2,5-6,9-10H2,(H,28,29). The van der Waals surface area contributed by atoms with Crippen molar-refractivity contribution in [2.75, 3.05) is 6.54 Å². The van der Waals surface area contributed by atoms with Gasteiger partial charge in [0.2, 0.25) is 0 Å². The number of carboxylic acid groups (broad SMARTS) is 1. The summed E-state index contributed by atoms with van der Waals surface area (Å²) < 4.78 is 41.7. The van der Waals surface area contributed by atoms with Crippen molar-refractivity contribution < 1.29 is 23.1 Å². The van der Waals surface area contributed by atoms with Gasteiger partial charge in [-0.1, -0.05) is 25.0 Å². The summed E-state index contributed by atoms with van der Waals surface area (Å²) in [5.74, 6) is 0. The quantitative estimate of drug-likeness (QED) is 0.542. The van der Waals surface area contributed by atoms with Gasteiger partial charge in [0.1, 0.15) is 0 Å². The zero-order valence-electron chi connectivity index (χ0n) is 15.5. The van der Waals surface area contributed by atoms with E-state index in [0.717, 1.165) is 12.8 Å². The minimum atomic E-state index is -4.60. The topological polar surface area (TPSA) is 92.9 Å². The fourth-order valence-corrected chi connectivity index (χ4v) is 2.97. The fraction of sp³-hybridized carbons (Fsp3) is 0.368. The van der Waals surface area contributed by atoms with Gasteiger partial charge in [-0.15, -0.1) is 0 Å². The Labute approximate surface area is 164 Å². The first-order valence-electron chi connectivity index (χ1n) is 9.18. The second-order valence-corrected chi connectivity index (χ2v) is 6.54. The van der Waals surface area contributed by atoms with Gasteiger partial charge in [-0.3, -0.25) is 9.67 Å². The molecule has 0 aliphatic rings. The summed E-state index contributed by atoms with van der Waals surface area (Å²) in [7, 11) is 0. The number of hydrogen-bond donors (Lipinski definition) is 2. The van der Waals surface area contributed by atoms with Crippen LogP contribution in [0.25, 0.3) is 22.3 Å². The van der Waals surface area contributed by atoms with E-state index >= 15 is 0 Å². The highest BCUT2D eigenvalue weighted by atomic mass is 19.4. The molecule has 2 aromatic heterocycles. The molecule has 0 spiro atoms. The lowest BCUT2D eigenvalue weighted by molar-refractivity contribution is -0.141. The van der Waals surface area contributed by atoms with Crippen molar-refractivity contribution in [1.82, 2.24) is 25.1 Å². The van der Waals surface area contributed by atoms with Crippen LogP contribution in [0.4, 0.5) is 18.0 Å². The maximum absolute atomic E-state index is 13.5. The number of aryl methyl sites for hydroxylation is 1. The smallest absolute Gasteiger partial charge is 0.435 e. The van der Waals surface area contributed by atoms with Crippen molar-refractivity contribution in [3.63, 3.8) is 0 Å². The first-order valence-corrected chi connectivity index (χ1v) is 9.18. The molecule has 0 saturated heterocycles. The van der Waals surface area contributed by atoms with Gasteiger partial charge in [-0.25, -0.2) is 9.78 Å². The van der Waals surface area contributed by atoms with Crippen molar-refractivity contribution in [2.24, 2.45) is 0 Å². The zero-order valence-corrected chi connectivity index (χ0v) is 15.5. The molecule has 2 N–H and O–H groups in total. The minimum Gasteiger partial charge on any atom is -0.465 e. The maximum atomic E-state index is 13.5. The third-order valence-corrected chi connectivity index (χ3v) is 4.34. The average molecular weight is 407 g/mol. The number of halogens is 3. The monoisotopic (exact) mass is 407 g/mol. The van der Waals surface area contributed by atoms with Gasteiger partial charge in [0.05, 0.1) is 28.5 Å². The molecule has 0 bridgehead atoms. The van der Waals surface area contributed by atoms with Gasteiger partial charge in [-0.05, 0) is 25.0 Å². The number of amides is 1. The van der Waals surface area contributed by atoms with Gasteiger partial charge in [0, 0.05) is 19.3 Å². The zero-order chi connectivity index (χ0) is 20.9. The third-order valence-electron chi connectivity index (χ3n) is 4.34. The molecular formula is C19H20F3N5O2. The molecule has 29 heavy (non-hydrogen) atoms. The summed E-state index contributed by atoms with van der Waals surface area (Å²) >= 11 is 0. The number of aromatic nitrogens is 4. The summed E-state index contributed by atoms with van der Waals surface area (Å²) in [5, 5.41) is 14.5. The molecule has 1 aromatic carbocycles. The molecule has 10 heteroatoms. The summed E-state index contributed by atoms with van der Waals surface area (Å²) in [4.78, 5) is 18.9. The second-order valence-electron chi connectivity index (χ2n) is 6.54. The lowest BCUT2D eigenvalue weighted by atomic mass is 10.1. The molecule has 0 saturated carbocycles. The van der Waals surface area contributed by atoms with Crippen molar-refractivity contribution in [3.8, 4) is 11.3 Å². The Bertz CT molecular complexity index is 987. The van der Waals surface area contributed by atoms with Crippen LogP contribution >= 0.6 is 0 Å². The molecule has 0 aliphatic heterocycles. The summed E-state index contributed by atoms with van der Waals surface area (Å²) in [6.45, 7) is 0.691. The number of nitrogens with one attached hydrogen (secondary N) is 1. The Hall–Kier alpha value is -3.17. The number of rotatable bonds is 8. The van der Waals surface area contributed by atoms with E-state index in [1.54, 1.807) is 24.3 Å². The SMILES string of the molecule is O=C(O)NCCCCCCn1cc(-c2cnc3ccccc3n2)c(C(F)(F)F)n1. The van der Waals surface area contributed by atoms with Gasteiger partial charge in [0.25, 0.3) is 0 Å². The number of benzene rings is 1. The van der Waals surface area contributed by atoms with E-state index < -0.39 is 18.0 Å². The number of alkyl halides is 3. The molecule has 154 valence electrons. The number of fused-ring (bicyclic) bond motifs is 1. The molecule has 1 amide bonds. The predicted octanol–water partition coefficient (Wildman–Crippen LogP) is 4.34. The number of para-hydroxylation sites is 2. The van der Waals surface area contributed by atoms with Gasteiger partial charge in [0.15, 0.2) is 5.69 Å². The Kier molecular flexibility index (Phi) is 6.30.